The second-order valence-corrected chi connectivity index (χ2v) is 8.87. The van der Waals surface area contributed by atoms with Crippen molar-refractivity contribution < 1.29 is 19.1 Å². The molecule has 8 heteroatoms. The number of carbonyl (C=O) groups excluding carboxylic acids is 3. The Balaban J connectivity index is 1.49. The Morgan fingerprint density at radius 2 is 1.70 bits per heavy atom. The van der Waals surface area contributed by atoms with Crippen LogP contribution in [-0.4, -0.2) is 24.3 Å². The molecule has 0 saturated heterocycles. The Morgan fingerprint density at radius 1 is 0.946 bits per heavy atom. The number of imide groups is 1. The number of benzene rings is 3. The quantitative estimate of drug-likeness (QED) is 0.316. The van der Waals surface area contributed by atoms with E-state index in [9.17, 15) is 14.4 Å². The lowest BCUT2D eigenvalue weighted by Gasteiger charge is -2.16. The highest BCUT2D eigenvalue weighted by Crippen LogP contribution is 2.31. The molecular weight excluding hydrogens is 490 g/mol. The van der Waals surface area contributed by atoms with E-state index in [1.54, 1.807) is 54.6 Å². The lowest BCUT2D eigenvalue weighted by atomic mass is 10.1. The number of carbonyl (C=O) groups is 3. The van der Waals surface area contributed by atoms with Gasteiger partial charge in [0.05, 0.1) is 18.0 Å². The smallest absolute Gasteiger partial charge is 0.283 e. The Labute approximate surface area is 221 Å². The Bertz CT molecular complexity index is 1350. The van der Waals surface area contributed by atoms with Crippen LogP contribution in [0, 0.1) is 0 Å². The van der Waals surface area contributed by atoms with E-state index in [1.165, 1.54) is 0 Å². The molecule has 0 aromatic heterocycles. The summed E-state index contributed by atoms with van der Waals surface area (Å²) < 4.78 is 5.57. The molecular formula is C29H28ClN3O4. The summed E-state index contributed by atoms with van der Waals surface area (Å²) in [6.45, 7) is 4.46. The highest BCUT2D eigenvalue weighted by atomic mass is 35.5. The van der Waals surface area contributed by atoms with E-state index < -0.39 is 11.8 Å². The van der Waals surface area contributed by atoms with E-state index in [0.717, 1.165) is 29.7 Å². The average Bonchev–Trinajstić information content (AvgIpc) is 3.12. The molecule has 0 radical (unpaired) electrons. The minimum atomic E-state index is -0.600. The van der Waals surface area contributed by atoms with Crippen molar-refractivity contribution in [2.45, 2.75) is 33.1 Å². The van der Waals surface area contributed by atoms with Gasteiger partial charge in [0.1, 0.15) is 16.5 Å². The van der Waals surface area contributed by atoms with Crippen molar-refractivity contribution >= 4 is 46.4 Å². The number of hydrogen-bond acceptors (Lipinski definition) is 5. The number of anilines is 3. The summed E-state index contributed by atoms with van der Waals surface area (Å²) in [5, 5.41) is 5.57. The van der Waals surface area contributed by atoms with Crippen LogP contribution in [0.4, 0.5) is 17.1 Å². The monoisotopic (exact) mass is 517 g/mol. The van der Waals surface area contributed by atoms with Gasteiger partial charge in [-0.15, -0.1) is 0 Å². The molecule has 1 aliphatic rings. The molecule has 0 unspecified atom stereocenters. The Hall–Kier alpha value is -4.10. The largest absolute Gasteiger partial charge is 0.492 e. The first-order chi connectivity index (χ1) is 17.9. The third-order valence-electron chi connectivity index (χ3n) is 5.87. The molecule has 0 spiro atoms. The maximum absolute atomic E-state index is 13.2. The molecule has 0 bridgehead atoms. The number of aryl methyl sites for hydroxylation is 1. The molecule has 7 nitrogen and oxygen atoms in total. The van der Waals surface area contributed by atoms with Crippen LogP contribution in [-0.2, 0) is 16.0 Å². The van der Waals surface area contributed by atoms with Crippen molar-refractivity contribution in [3.63, 3.8) is 0 Å². The molecule has 190 valence electrons. The van der Waals surface area contributed by atoms with Crippen molar-refractivity contribution in [3.8, 4) is 5.75 Å². The summed E-state index contributed by atoms with van der Waals surface area (Å²) in [5.74, 6) is -0.943. The molecule has 0 atom stereocenters. The molecule has 1 aliphatic heterocycles. The van der Waals surface area contributed by atoms with Crippen LogP contribution in [0.2, 0.25) is 0 Å². The second kappa shape index (κ2) is 11.8. The lowest BCUT2D eigenvalue weighted by Crippen LogP contribution is -2.32. The Kier molecular flexibility index (Phi) is 8.25. The standard InChI is InChI=1S/C29H28ClN3O4/c1-3-5-9-19-14-16-22(17-15-19)33-28(35)25(30)26(29(33)36)31-21-11-8-10-20(18-21)27(34)32-23-12-6-7-13-24(23)37-4-2/h6-8,10-18,31H,3-5,9H2,1-2H3,(H,32,34). The summed E-state index contributed by atoms with van der Waals surface area (Å²) in [6, 6.07) is 21.1. The van der Waals surface area contributed by atoms with Crippen molar-refractivity contribution in [3.05, 3.63) is 94.7 Å². The Morgan fingerprint density at radius 3 is 2.43 bits per heavy atom. The van der Waals surface area contributed by atoms with Gasteiger partial charge in [0.25, 0.3) is 17.7 Å². The zero-order valence-electron chi connectivity index (χ0n) is 20.7. The van der Waals surface area contributed by atoms with Crippen LogP contribution in [0.25, 0.3) is 0 Å². The van der Waals surface area contributed by atoms with Crippen LogP contribution in [0.15, 0.2) is 83.5 Å². The molecule has 0 fully saturated rings. The van der Waals surface area contributed by atoms with Crippen LogP contribution < -0.4 is 20.3 Å². The van der Waals surface area contributed by atoms with Gasteiger partial charge in [0.15, 0.2) is 0 Å². The van der Waals surface area contributed by atoms with Gasteiger partial charge >= 0.3 is 0 Å². The normalized spacial score (nSPS) is 13.2. The molecule has 0 aliphatic carbocycles. The third kappa shape index (κ3) is 5.84. The van der Waals surface area contributed by atoms with Crippen molar-refractivity contribution in [1.29, 1.82) is 0 Å². The predicted octanol–water partition coefficient (Wildman–Crippen LogP) is 6.12. The highest BCUT2D eigenvalue weighted by molar-refractivity contribution is 6.53. The van der Waals surface area contributed by atoms with Crippen molar-refractivity contribution in [2.24, 2.45) is 0 Å². The average molecular weight is 518 g/mol. The number of para-hydroxylation sites is 2. The molecule has 3 aromatic rings. The lowest BCUT2D eigenvalue weighted by molar-refractivity contribution is -0.120. The zero-order valence-corrected chi connectivity index (χ0v) is 21.5. The molecule has 0 saturated carbocycles. The second-order valence-electron chi connectivity index (χ2n) is 8.49. The number of rotatable bonds is 10. The van der Waals surface area contributed by atoms with Gasteiger partial charge in [-0.25, -0.2) is 4.90 Å². The van der Waals surface area contributed by atoms with Crippen LogP contribution in [0.1, 0.15) is 42.6 Å². The van der Waals surface area contributed by atoms with Crippen molar-refractivity contribution in [1.82, 2.24) is 0 Å². The van der Waals surface area contributed by atoms with Gasteiger partial charge in [-0.1, -0.05) is 55.3 Å². The minimum absolute atomic E-state index is 0.0408. The predicted molar refractivity (Wildman–Crippen MR) is 146 cm³/mol. The number of nitrogens with zero attached hydrogens (tertiary/aromatic N) is 1. The fourth-order valence-corrected chi connectivity index (χ4v) is 4.18. The maximum atomic E-state index is 13.2. The van der Waals surface area contributed by atoms with Crippen molar-refractivity contribution in [2.75, 3.05) is 22.1 Å². The summed E-state index contributed by atoms with van der Waals surface area (Å²) in [4.78, 5) is 40.0. The van der Waals surface area contributed by atoms with Gasteiger partial charge in [0, 0.05) is 11.3 Å². The van der Waals surface area contributed by atoms with E-state index in [-0.39, 0.29) is 16.6 Å². The van der Waals surface area contributed by atoms with E-state index in [2.05, 4.69) is 17.6 Å². The molecule has 3 amide bonds. The number of unbranched alkanes of at least 4 members (excludes halogenated alkanes) is 1. The van der Waals surface area contributed by atoms with E-state index in [1.807, 2.05) is 25.1 Å². The SMILES string of the molecule is CCCCc1ccc(N2C(=O)C(Cl)=C(Nc3cccc(C(=O)Nc4ccccc4OCC)c3)C2=O)cc1. The van der Waals surface area contributed by atoms with Crippen LogP contribution >= 0.6 is 11.6 Å². The summed E-state index contributed by atoms with van der Waals surface area (Å²) in [6.07, 6.45) is 3.09. The van der Waals surface area contributed by atoms with Gasteiger partial charge in [-0.05, 0) is 67.8 Å². The van der Waals surface area contributed by atoms with Gasteiger partial charge in [-0.2, -0.15) is 0 Å². The van der Waals surface area contributed by atoms with E-state index in [4.69, 9.17) is 16.3 Å². The van der Waals surface area contributed by atoms with Crippen LogP contribution in [0.3, 0.4) is 0 Å². The number of hydrogen-bond donors (Lipinski definition) is 2. The third-order valence-corrected chi connectivity index (χ3v) is 6.22. The molecule has 37 heavy (non-hydrogen) atoms. The first-order valence-electron chi connectivity index (χ1n) is 12.2. The number of amides is 3. The molecule has 1 heterocycles. The van der Waals surface area contributed by atoms with E-state index >= 15 is 0 Å². The summed E-state index contributed by atoms with van der Waals surface area (Å²) >= 11 is 6.29. The van der Waals surface area contributed by atoms with E-state index in [0.29, 0.717) is 35.0 Å². The molecule has 4 rings (SSSR count). The highest BCUT2D eigenvalue weighted by Gasteiger charge is 2.39. The summed E-state index contributed by atoms with van der Waals surface area (Å²) in [7, 11) is 0. The fraction of sp³-hybridized carbons (Fsp3) is 0.207. The first kappa shape index (κ1) is 26.0. The van der Waals surface area contributed by atoms with Gasteiger partial charge in [-0.3, -0.25) is 14.4 Å². The van der Waals surface area contributed by atoms with Crippen LogP contribution in [0.5, 0.6) is 5.75 Å². The maximum Gasteiger partial charge on any atom is 0.283 e. The number of nitrogens with one attached hydrogen (secondary N) is 2. The topological polar surface area (TPSA) is 87.7 Å². The first-order valence-corrected chi connectivity index (χ1v) is 12.6. The van der Waals surface area contributed by atoms with Gasteiger partial charge in [0.2, 0.25) is 0 Å². The molecule has 3 aromatic carbocycles. The summed E-state index contributed by atoms with van der Waals surface area (Å²) in [5.41, 5.74) is 2.89. The minimum Gasteiger partial charge on any atom is -0.492 e. The van der Waals surface area contributed by atoms with Gasteiger partial charge < -0.3 is 15.4 Å². The fourth-order valence-electron chi connectivity index (χ4n) is 3.97. The number of halogens is 1. The zero-order chi connectivity index (χ0) is 26.4. The number of ether oxygens (including phenoxy) is 1. The molecule has 2 N–H and O–H groups in total.